The number of aromatic hydroxyl groups is 2. The number of benzene rings is 2. The van der Waals surface area contributed by atoms with Crippen LogP contribution >= 0.6 is 0 Å². The lowest BCUT2D eigenvalue weighted by Gasteiger charge is -2.19. The minimum absolute atomic E-state index is 0.0215. The highest BCUT2D eigenvalue weighted by atomic mass is 16.3. The van der Waals surface area contributed by atoms with Gasteiger partial charge in [0.15, 0.2) is 11.5 Å². The van der Waals surface area contributed by atoms with Gasteiger partial charge in [0.05, 0.1) is 0 Å². The highest BCUT2D eigenvalue weighted by Crippen LogP contribution is 2.33. The first-order chi connectivity index (χ1) is 10.1. The molecule has 0 spiro atoms. The number of hydrogen-bond acceptors (Lipinski definition) is 3. The van der Waals surface area contributed by atoms with Gasteiger partial charge in [0.1, 0.15) is 0 Å². The molecule has 1 aliphatic carbocycles. The molecule has 0 radical (unpaired) electrons. The Morgan fingerprint density at radius 2 is 1.62 bits per heavy atom. The maximum atomic E-state index is 9.58. The second-order valence-corrected chi connectivity index (χ2v) is 5.97. The van der Waals surface area contributed by atoms with Crippen LogP contribution in [-0.2, 0) is 19.3 Å². The lowest BCUT2D eigenvalue weighted by atomic mass is 10.1. The van der Waals surface area contributed by atoms with Gasteiger partial charge < -0.3 is 15.5 Å². The second-order valence-electron chi connectivity index (χ2n) is 5.97. The van der Waals surface area contributed by atoms with Crippen molar-refractivity contribution in [3.05, 3.63) is 59.2 Å². The molecule has 1 atom stereocenters. The van der Waals surface area contributed by atoms with Gasteiger partial charge in [0, 0.05) is 12.1 Å². The largest absolute Gasteiger partial charge is 0.504 e. The van der Waals surface area contributed by atoms with Gasteiger partial charge in [-0.2, -0.15) is 0 Å². The molecule has 110 valence electrons. The Kier molecular flexibility index (Phi) is 3.84. The van der Waals surface area contributed by atoms with Gasteiger partial charge in [-0.05, 0) is 55.0 Å². The van der Waals surface area contributed by atoms with Crippen molar-refractivity contribution in [1.29, 1.82) is 0 Å². The van der Waals surface area contributed by atoms with E-state index in [1.807, 2.05) is 6.07 Å². The highest BCUT2D eigenvalue weighted by Gasteiger charge is 2.24. The number of nitrogens with one attached hydrogen (secondary N) is 1. The van der Waals surface area contributed by atoms with E-state index in [4.69, 9.17) is 0 Å². The summed E-state index contributed by atoms with van der Waals surface area (Å²) in [6, 6.07) is 14.6. The predicted molar refractivity (Wildman–Crippen MR) is 83.7 cm³/mol. The molecular formula is C18H21NO2. The minimum Gasteiger partial charge on any atom is -0.504 e. The van der Waals surface area contributed by atoms with Crippen molar-refractivity contribution in [3.63, 3.8) is 0 Å². The van der Waals surface area contributed by atoms with Crippen molar-refractivity contribution in [1.82, 2.24) is 5.32 Å². The van der Waals surface area contributed by atoms with E-state index >= 15 is 0 Å². The Balaban J connectivity index is 1.60. The molecule has 0 unspecified atom stereocenters. The quantitative estimate of drug-likeness (QED) is 0.756. The SMILES string of the molecule is C[C@@H](Cc1ccccc1)NC1Cc2cc(O)c(O)cc2C1. The molecule has 2 aromatic carbocycles. The summed E-state index contributed by atoms with van der Waals surface area (Å²) in [5, 5.41) is 22.8. The van der Waals surface area contributed by atoms with Crippen LogP contribution in [-0.4, -0.2) is 22.3 Å². The zero-order chi connectivity index (χ0) is 14.8. The van der Waals surface area contributed by atoms with Gasteiger partial charge in [0.2, 0.25) is 0 Å². The molecule has 0 bridgehead atoms. The van der Waals surface area contributed by atoms with Crippen LogP contribution in [0.25, 0.3) is 0 Å². The molecule has 3 N–H and O–H groups in total. The topological polar surface area (TPSA) is 52.5 Å². The third-order valence-corrected chi connectivity index (χ3v) is 4.13. The molecule has 0 saturated carbocycles. The van der Waals surface area contributed by atoms with Gasteiger partial charge in [-0.25, -0.2) is 0 Å². The van der Waals surface area contributed by atoms with Crippen LogP contribution in [0.5, 0.6) is 11.5 Å². The van der Waals surface area contributed by atoms with Crippen molar-refractivity contribution in [2.24, 2.45) is 0 Å². The van der Waals surface area contributed by atoms with E-state index < -0.39 is 0 Å². The van der Waals surface area contributed by atoms with Gasteiger partial charge in [0.25, 0.3) is 0 Å². The van der Waals surface area contributed by atoms with Gasteiger partial charge in [-0.3, -0.25) is 0 Å². The Bertz CT molecular complexity index is 594. The summed E-state index contributed by atoms with van der Waals surface area (Å²) in [6.45, 7) is 2.20. The van der Waals surface area contributed by atoms with Gasteiger partial charge >= 0.3 is 0 Å². The average Bonchev–Trinajstić information content (AvgIpc) is 2.81. The highest BCUT2D eigenvalue weighted by molar-refractivity contribution is 5.48. The normalized spacial score (nSPS) is 15.9. The molecule has 1 aliphatic rings. The van der Waals surface area contributed by atoms with E-state index in [1.165, 1.54) is 5.56 Å². The number of hydrogen-bond donors (Lipinski definition) is 3. The maximum Gasteiger partial charge on any atom is 0.157 e. The van der Waals surface area contributed by atoms with Crippen LogP contribution < -0.4 is 5.32 Å². The van der Waals surface area contributed by atoms with Crippen LogP contribution in [0.1, 0.15) is 23.6 Å². The molecular weight excluding hydrogens is 262 g/mol. The van der Waals surface area contributed by atoms with Crippen molar-refractivity contribution < 1.29 is 10.2 Å². The monoisotopic (exact) mass is 283 g/mol. The van der Waals surface area contributed by atoms with Crippen LogP contribution in [0.4, 0.5) is 0 Å². The molecule has 0 heterocycles. The maximum absolute atomic E-state index is 9.58. The van der Waals surface area contributed by atoms with Crippen LogP contribution in [0, 0.1) is 0 Å². The molecule has 0 fully saturated rings. The van der Waals surface area contributed by atoms with Gasteiger partial charge in [-0.1, -0.05) is 30.3 Å². The molecule has 2 aromatic rings. The van der Waals surface area contributed by atoms with Crippen LogP contribution in [0.2, 0.25) is 0 Å². The zero-order valence-electron chi connectivity index (χ0n) is 12.2. The number of phenolic OH excluding ortho intramolecular Hbond substituents is 2. The summed E-state index contributed by atoms with van der Waals surface area (Å²) in [5.74, 6) is -0.0431. The Morgan fingerprint density at radius 3 is 2.19 bits per heavy atom. The fourth-order valence-corrected chi connectivity index (χ4v) is 3.19. The lowest BCUT2D eigenvalue weighted by molar-refractivity contribution is 0.403. The van der Waals surface area contributed by atoms with Crippen LogP contribution in [0.3, 0.4) is 0 Å². The zero-order valence-corrected chi connectivity index (χ0v) is 12.2. The second kappa shape index (κ2) is 5.78. The molecule has 0 amide bonds. The van der Waals surface area contributed by atoms with Crippen LogP contribution in [0.15, 0.2) is 42.5 Å². The number of fused-ring (bicyclic) bond motifs is 1. The standard InChI is InChI=1S/C18H21NO2/c1-12(7-13-5-3-2-4-6-13)19-16-8-14-10-17(20)18(21)11-15(14)9-16/h2-6,10-12,16,19-21H,7-9H2,1H3/t12-/m0/s1. The van der Waals surface area contributed by atoms with Crippen molar-refractivity contribution in [2.45, 2.75) is 38.3 Å². The Hall–Kier alpha value is -2.00. The molecule has 0 aromatic heterocycles. The van der Waals surface area contributed by atoms with Crippen molar-refractivity contribution in [3.8, 4) is 11.5 Å². The number of rotatable bonds is 4. The van der Waals surface area contributed by atoms with E-state index in [2.05, 4.69) is 36.5 Å². The number of phenols is 2. The Morgan fingerprint density at radius 1 is 1.05 bits per heavy atom. The fraction of sp³-hybridized carbons (Fsp3) is 0.333. The summed E-state index contributed by atoms with van der Waals surface area (Å²) in [6.07, 6.45) is 2.81. The third kappa shape index (κ3) is 3.19. The fourth-order valence-electron chi connectivity index (χ4n) is 3.19. The third-order valence-electron chi connectivity index (χ3n) is 4.13. The van der Waals surface area contributed by atoms with E-state index in [1.54, 1.807) is 12.1 Å². The van der Waals surface area contributed by atoms with Crippen molar-refractivity contribution in [2.75, 3.05) is 0 Å². The first kappa shape index (κ1) is 14.0. The Labute approximate surface area is 125 Å². The summed E-state index contributed by atoms with van der Waals surface area (Å²) in [4.78, 5) is 0. The summed E-state index contributed by atoms with van der Waals surface area (Å²) >= 11 is 0. The predicted octanol–water partition coefficient (Wildman–Crippen LogP) is 2.79. The molecule has 21 heavy (non-hydrogen) atoms. The first-order valence-electron chi connectivity index (χ1n) is 7.45. The molecule has 0 aliphatic heterocycles. The smallest absolute Gasteiger partial charge is 0.157 e. The van der Waals surface area contributed by atoms with E-state index in [9.17, 15) is 10.2 Å². The van der Waals surface area contributed by atoms with Crippen molar-refractivity contribution >= 4 is 0 Å². The van der Waals surface area contributed by atoms with E-state index in [0.717, 1.165) is 30.4 Å². The first-order valence-corrected chi connectivity index (χ1v) is 7.45. The average molecular weight is 283 g/mol. The summed E-state index contributed by atoms with van der Waals surface area (Å²) in [5.41, 5.74) is 3.60. The molecule has 3 rings (SSSR count). The molecule has 3 nitrogen and oxygen atoms in total. The summed E-state index contributed by atoms with van der Waals surface area (Å²) in [7, 11) is 0. The molecule has 0 saturated heterocycles. The summed E-state index contributed by atoms with van der Waals surface area (Å²) < 4.78 is 0. The molecule has 3 heteroatoms. The lowest BCUT2D eigenvalue weighted by Crippen LogP contribution is -2.38. The minimum atomic E-state index is -0.0215. The van der Waals surface area contributed by atoms with E-state index in [-0.39, 0.29) is 11.5 Å². The van der Waals surface area contributed by atoms with E-state index in [0.29, 0.717) is 12.1 Å². The van der Waals surface area contributed by atoms with Gasteiger partial charge in [-0.15, -0.1) is 0 Å².